The molecule has 1 aromatic carbocycles. The normalized spacial score (nSPS) is 35.6. The Morgan fingerprint density at radius 1 is 1.24 bits per heavy atom. The van der Waals surface area contributed by atoms with Crippen molar-refractivity contribution in [1.29, 1.82) is 0 Å². The van der Waals surface area contributed by atoms with Crippen LogP contribution >= 0.6 is 35.6 Å². The minimum atomic E-state index is -1.95. The highest BCUT2D eigenvalue weighted by Gasteiger charge is 2.78. The fraction of sp³-hybridized carbons (Fsp3) is 0.467. The van der Waals surface area contributed by atoms with Crippen molar-refractivity contribution in [3.05, 3.63) is 33.8 Å². The standard InChI is InChI=1S/C15H15Cl2NO6.ClH/c16-6-2-1-5(3-7(6)17)4-24-12-11(19)8-9(13(20)21)10(8)15(12,18)14(22)23;/h1-3,8-12,19H,4,18H2,(H,20,21)(H,22,23);1H/t8-,9-,10-,11-,12+,15+;/m0./s1. The molecule has 25 heavy (non-hydrogen) atoms. The molecule has 2 aliphatic rings. The molecule has 3 rings (SSSR count). The second-order valence-electron chi connectivity index (χ2n) is 6.18. The Labute approximate surface area is 159 Å². The number of aliphatic hydroxyl groups excluding tert-OH is 1. The number of carboxylic acid groups (broad SMARTS) is 2. The van der Waals surface area contributed by atoms with Gasteiger partial charge in [-0.3, -0.25) is 9.59 Å². The number of carbonyl (C=O) groups is 2. The van der Waals surface area contributed by atoms with Gasteiger partial charge in [0.1, 0.15) is 11.6 Å². The van der Waals surface area contributed by atoms with E-state index in [1.807, 2.05) is 0 Å². The second-order valence-corrected chi connectivity index (χ2v) is 6.99. The van der Waals surface area contributed by atoms with E-state index in [2.05, 4.69) is 0 Å². The van der Waals surface area contributed by atoms with Crippen molar-refractivity contribution < 1.29 is 29.6 Å². The van der Waals surface area contributed by atoms with Crippen LogP contribution in [0.2, 0.25) is 10.0 Å². The molecule has 0 saturated heterocycles. The van der Waals surface area contributed by atoms with E-state index in [9.17, 15) is 19.8 Å². The lowest BCUT2D eigenvalue weighted by Gasteiger charge is -2.32. The zero-order valence-electron chi connectivity index (χ0n) is 12.6. The summed E-state index contributed by atoms with van der Waals surface area (Å²) in [5.74, 6) is -5.10. The van der Waals surface area contributed by atoms with Crippen molar-refractivity contribution in [2.75, 3.05) is 0 Å². The molecule has 2 fully saturated rings. The van der Waals surface area contributed by atoms with Gasteiger partial charge in [-0.05, 0) is 17.7 Å². The van der Waals surface area contributed by atoms with Crippen LogP contribution in [-0.4, -0.2) is 45.0 Å². The molecule has 138 valence electrons. The summed E-state index contributed by atoms with van der Waals surface area (Å²) in [6.45, 7) is -0.0397. The smallest absolute Gasteiger partial charge is 0.326 e. The summed E-state index contributed by atoms with van der Waals surface area (Å²) in [5.41, 5.74) is 4.64. The Morgan fingerprint density at radius 3 is 2.40 bits per heavy atom. The lowest BCUT2D eigenvalue weighted by Crippen LogP contribution is -2.61. The topological polar surface area (TPSA) is 130 Å². The Balaban J connectivity index is 0.00000225. The second kappa shape index (κ2) is 6.90. The van der Waals surface area contributed by atoms with E-state index in [4.69, 9.17) is 38.8 Å². The van der Waals surface area contributed by atoms with Gasteiger partial charge in [0.15, 0.2) is 0 Å². The number of hydrogen-bond donors (Lipinski definition) is 4. The molecule has 2 saturated carbocycles. The summed E-state index contributed by atoms with van der Waals surface area (Å²) in [7, 11) is 0. The fourth-order valence-electron chi connectivity index (χ4n) is 3.68. The third kappa shape index (κ3) is 3.09. The third-order valence-corrected chi connectivity index (χ3v) is 5.61. The monoisotopic (exact) mass is 411 g/mol. The van der Waals surface area contributed by atoms with Crippen molar-refractivity contribution in [2.24, 2.45) is 23.5 Å². The van der Waals surface area contributed by atoms with E-state index < -0.39 is 47.4 Å². The number of nitrogens with two attached hydrogens (primary N) is 1. The van der Waals surface area contributed by atoms with Crippen molar-refractivity contribution in [3.8, 4) is 0 Å². The lowest BCUT2D eigenvalue weighted by molar-refractivity contribution is -0.157. The van der Waals surface area contributed by atoms with Gasteiger partial charge in [-0.15, -0.1) is 12.4 Å². The summed E-state index contributed by atoms with van der Waals surface area (Å²) >= 11 is 11.7. The van der Waals surface area contributed by atoms with Gasteiger partial charge in [0.25, 0.3) is 0 Å². The molecule has 1 aromatic rings. The number of aliphatic carboxylic acids is 2. The van der Waals surface area contributed by atoms with E-state index >= 15 is 0 Å². The van der Waals surface area contributed by atoms with Crippen molar-refractivity contribution >= 4 is 47.5 Å². The molecule has 0 unspecified atom stereocenters. The van der Waals surface area contributed by atoms with E-state index in [1.54, 1.807) is 18.2 Å². The van der Waals surface area contributed by atoms with Crippen molar-refractivity contribution in [3.63, 3.8) is 0 Å². The zero-order chi connectivity index (χ0) is 17.8. The molecule has 0 bridgehead atoms. The number of carboxylic acids is 2. The van der Waals surface area contributed by atoms with Gasteiger partial charge in [-0.1, -0.05) is 29.3 Å². The maximum absolute atomic E-state index is 11.6. The van der Waals surface area contributed by atoms with Gasteiger partial charge in [-0.2, -0.15) is 0 Å². The molecule has 0 spiro atoms. The number of halogens is 3. The van der Waals surface area contributed by atoms with Crippen LogP contribution < -0.4 is 5.73 Å². The molecule has 6 atom stereocenters. The molecule has 0 amide bonds. The number of rotatable bonds is 5. The van der Waals surface area contributed by atoms with E-state index in [0.29, 0.717) is 15.6 Å². The first-order valence-corrected chi connectivity index (χ1v) is 7.93. The zero-order valence-corrected chi connectivity index (χ0v) is 15.0. The highest BCUT2D eigenvalue weighted by atomic mass is 35.5. The quantitative estimate of drug-likeness (QED) is 0.575. The van der Waals surface area contributed by atoms with Gasteiger partial charge >= 0.3 is 11.9 Å². The van der Waals surface area contributed by atoms with Crippen LogP contribution in [0.1, 0.15) is 5.56 Å². The Bertz CT molecular complexity index is 717. The van der Waals surface area contributed by atoms with Crippen LogP contribution in [-0.2, 0) is 20.9 Å². The number of hydrogen-bond acceptors (Lipinski definition) is 5. The SMILES string of the molecule is Cl.N[C@]1(C(=O)O)[C@@H]2[C@@H](C(=O)O)[C@@H]2[C@H](O)[C@H]1OCc1ccc(Cl)c(Cl)c1. The average molecular weight is 413 g/mol. The Hall–Kier alpha value is -1.09. The van der Waals surface area contributed by atoms with Crippen LogP contribution in [0.25, 0.3) is 0 Å². The first-order chi connectivity index (χ1) is 11.2. The van der Waals surface area contributed by atoms with Crippen LogP contribution in [0, 0.1) is 17.8 Å². The molecular formula is C15H16Cl3NO6. The first-order valence-electron chi connectivity index (χ1n) is 7.18. The lowest BCUT2D eigenvalue weighted by atomic mass is 9.88. The molecule has 5 N–H and O–H groups in total. The summed E-state index contributed by atoms with van der Waals surface area (Å²) in [4.78, 5) is 22.8. The summed E-state index contributed by atoms with van der Waals surface area (Å²) in [6.07, 6.45) is -2.48. The molecule has 2 aliphatic carbocycles. The van der Waals surface area contributed by atoms with Crippen molar-refractivity contribution in [1.82, 2.24) is 0 Å². The first kappa shape index (κ1) is 20.2. The highest BCUT2D eigenvalue weighted by molar-refractivity contribution is 6.42. The summed E-state index contributed by atoms with van der Waals surface area (Å²) < 4.78 is 5.55. The summed E-state index contributed by atoms with van der Waals surface area (Å²) in [6, 6.07) is 4.78. The Kier molecular flexibility index (Phi) is 5.59. The van der Waals surface area contributed by atoms with E-state index in [0.717, 1.165) is 0 Å². The number of fused-ring (bicyclic) bond motifs is 1. The third-order valence-electron chi connectivity index (χ3n) is 4.87. The van der Waals surface area contributed by atoms with Crippen LogP contribution in [0.4, 0.5) is 0 Å². The molecule has 7 nitrogen and oxygen atoms in total. The molecule has 0 heterocycles. The number of ether oxygens (including phenoxy) is 1. The van der Waals surface area contributed by atoms with E-state index in [-0.39, 0.29) is 19.0 Å². The van der Waals surface area contributed by atoms with Crippen LogP contribution in [0.3, 0.4) is 0 Å². The molecule has 0 radical (unpaired) electrons. The van der Waals surface area contributed by atoms with E-state index in [1.165, 1.54) is 0 Å². The largest absolute Gasteiger partial charge is 0.481 e. The predicted molar refractivity (Wildman–Crippen MR) is 91.0 cm³/mol. The van der Waals surface area contributed by atoms with Gasteiger partial charge in [0, 0.05) is 11.8 Å². The fourth-order valence-corrected chi connectivity index (χ4v) is 4.00. The minimum Gasteiger partial charge on any atom is -0.481 e. The van der Waals surface area contributed by atoms with Crippen LogP contribution in [0.5, 0.6) is 0 Å². The summed E-state index contributed by atoms with van der Waals surface area (Å²) in [5, 5.41) is 29.6. The molecular weight excluding hydrogens is 397 g/mol. The van der Waals surface area contributed by atoms with Gasteiger partial charge < -0.3 is 25.8 Å². The highest BCUT2D eigenvalue weighted by Crippen LogP contribution is 2.62. The maximum atomic E-state index is 11.6. The maximum Gasteiger partial charge on any atom is 0.326 e. The van der Waals surface area contributed by atoms with Gasteiger partial charge in [-0.25, -0.2) is 0 Å². The number of benzene rings is 1. The van der Waals surface area contributed by atoms with Crippen molar-refractivity contribution in [2.45, 2.75) is 24.4 Å². The molecule has 10 heteroatoms. The Morgan fingerprint density at radius 2 is 1.88 bits per heavy atom. The number of aliphatic hydroxyl groups is 1. The predicted octanol–water partition coefficient (Wildman–Crippen LogP) is 1.40. The minimum absolute atomic E-state index is 0. The molecule has 0 aromatic heterocycles. The average Bonchev–Trinajstić information content (AvgIpc) is 3.21. The molecule has 0 aliphatic heterocycles. The van der Waals surface area contributed by atoms with Crippen LogP contribution in [0.15, 0.2) is 18.2 Å². The van der Waals surface area contributed by atoms with Gasteiger partial charge in [0.2, 0.25) is 0 Å². The van der Waals surface area contributed by atoms with Gasteiger partial charge in [0.05, 0.1) is 28.7 Å².